The molecule has 0 spiro atoms. The molecule has 4 nitrogen and oxygen atoms in total. The number of rotatable bonds is 8. The van der Waals surface area contributed by atoms with Gasteiger partial charge < -0.3 is 14.9 Å². The second-order valence-electron chi connectivity index (χ2n) is 3.98. The number of carboxylic acids is 1. The van der Waals surface area contributed by atoms with Crippen LogP contribution in [0.5, 0.6) is 0 Å². The summed E-state index contributed by atoms with van der Waals surface area (Å²) in [6.07, 6.45) is 2.34. The van der Waals surface area contributed by atoms with Crippen LogP contribution in [0.3, 0.4) is 0 Å². The molecule has 14 heavy (non-hydrogen) atoms. The molecule has 0 saturated carbocycles. The lowest BCUT2D eigenvalue weighted by Gasteiger charge is -2.18. The van der Waals surface area contributed by atoms with Gasteiger partial charge in [-0.25, -0.2) is 0 Å². The van der Waals surface area contributed by atoms with E-state index in [1.54, 1.807) is 13.8 Å². The molecule has 0 atom stereocenters. The van der Waals surface area contributed by atoms with Gasteiger partial charge in [0.15, 0.2) is 0 Å². The van der Waals surface area contributed by atoms with Crippen LogP contribution in [0.2, 0.25) is 0 Å². The molecule has 0 bridgehead atoms. The topological polar surface area (TPSA) is 66.8 Å². The molecule has 0 unspecified atom stereocenters. The number of ether oxygens (including phenoxy) is 1. The maximum Gasteiger partial charge on any atom is 0.309 e. The second kappa shape index (κ2) is 6.79. The standard InChI is InChI=1S/C10H20O4/c1-10(2,9(12)13)5-3-4-7-14-8-6-11/h11H,3-8H2,1-2H3,(H,12,13). The van der Waals surface area contributed by atoms with Crippen LogP contribution >= 0.6 is 0 Å². The van der Waals surface area contributed by atoms with E-state index in [1.807, 2.05) is 0 Å². The Bertz CT molecular complexity index is 166. The number of aliphatic hydroxyl groups is 1. The van der Waals surface area contributed by atoms with E-state index in [2.05, 4.69) is 0 Å². The van der Waals surface area contributed by atoms with Crippen molar-refractivity contribution < 1.29 is 19.7 Å². The zero-order chi connectivity index (χ0) is 11.0. The molecule has 84 valence electrons. The fourth-order valence-corrected chi connectivity index (χ4v) is 1.04. The first-order valence-electron chi connectivity index (χ1n) is 4.92. The van der Waals surface area contributed by atoms with Crippen LogP contribution in [0.15, 0.2) is 0 Å². The molecule has 0 amide bonds. The van der Waals surface area contributed by atoms with E-state index in [9.17, 15) is 4.79 Å². The van der Waals surface area contributed by atoms with Gasteiger partial charge in [0.1, 0.15) is 0 Å². The molecule has 4 heteroatoms. The predicted octanol–water partition coefficient (Wildman–Crippen LogP) is 1.28. The monoisotopic (exact) mass is 204 g/mol. The molecule has 0 aromatic heterocycles. The summed E-state index contributed by atoms with van der Waals surface area (Å²) < 4.78 is 5.06. The summed E-state index contributed by atoms with van der Waals surface area (Å²) in [6, 6.07) is 0. The summed E-state index contributed by atoms with van der Waals surface area (Å²) in [5, 5.41) is 17.2. The third kappa shape index (κ3) is 5.94. The average Bonchev–Trinajstić information content (AvgIpc) is 2.10. The zero-order valence-electron chi connectivity index (χ0n) is 8.95. The highest BCUT2D eigenvalue weighted by Gasteiger charge is 2.25. The predicted molar refractivity (Wildman–Crippen MR) is 53.2 cm³/mol. The van der Waals surface area contributed by atoms with Crippen LogP contribution in [0.4, 0.5) is 0 Å². The molecule has 0 fully saturated rings. The summed E-state index contributed by atoms with van der Waals surface area (Å²) in [4.78, 5) is 10.7. The Kier molecular flexibility index (Phi) is 6.49. The third-order valence-electron chi connectivity index (χ3n) is 2.16. The van der Waals surface area contributed by atoms with Crippen molar-refractivity contribution in [2.24, 2.45) is 5.41 Å². The Labute approximate surface area is 84.9 Å². The molecule has 0 aromatic rings. The van der Waals surface area contributed by atoms with E-state index in [0.29, 0.717) is 19.6 Å². The third-order valence-corrected chi connectivity index (χ3v) is 2.16. The van der Waals surface area contributed by atoms with Gasteiger partial charge in [0.2, 0.25) is 0 Å². The van der Waals surface area contributed by atoms with Crippen molar-refractivity contribution >= 4 is 5.97 Å². The van der Waals surface area contributed by atoms with Crippen LogP contribution in [0.1, 0.15) is 33.1 Å². The Morgan fingerprint density at radius 3 is 2.43 bits per heavy atom. The molecule has 0 radical (unpaired) electrons. The first-order chi connectivity index (χ1) is 6.50. The molecule has 0 aromatic carbocycles. The molecule has 0 aliphatic carbocycles. The lowest BCUT2D eigenvalue weighted by molar-refractivity contribution is -0.147. The van der Waals surface area contributed by atoms with E-state index in [-0.39, 0.29) is 6.61 Å². The zero-order valence-corrected chi connectivity index (χ0v) is 8.95. The summed E-state index contributed by atoms with van der Waals surface area (Å²) >= 11 is 0. The number of aliphatic hydroxyl groups excluding tert-OH is 1. The van der Waals surface area contributed by atoms with Gasteiger partial charge in [-0.05, 0) is 26.7 Å². The van der Waals surface area contributed by atoms with Crippen molar-refractivity contribution in [3.63, 3.8) is 0 Å². The van der Waals surface area contributed by atoms with Gasteiger partial charge in [0.25, 0.3) is 0 Å². The number of hydrogen-bond acceptors (Lipinski definition) is 3. The number of carboxylic acid groups (broad SMARTS) is 1. The maximum atomic E-state index is 10.7. The van der Waals surface area contributed by atoms with E-state index >= 15 is 0 Å². The minimum atomic E-state index is -0.756. The molecule has 0 rings (SSSR count). The minimum absolute atomic E-state index is 0.0423. The van der Waals surface area contributed by atoms with Crippen molar-refractivity contribution in [1.82, 2.24) is 0 Å². The molecule has 0 aliphatic rings. The lowest BCUT2D eigenvalue weighted by atomic mass is 9.87. The number of hydrogen-bond donors (Lipinski definition) is 2. The van der Waals surface area contributed by atoms with Gasteiger partial charge in [0, 0.05) is 6.61 Å². The van der Waals surface area contributed by atoms with Crippen molar-refractivity contribution in [3.8, 4) is 0 Å². The van der Waals surface area contributed by atoms with Gasteiger partial charge in [-0.2, -0.15) is 0 Å². The first kappa shape index (κ1) is 13.4. The number of carbonyl (C=O) groups is 1. The van der Waals surface area contributed by atoms with Crippen molar-refractivity contribution in [1.29, 1.82) is 0 Å². The van der Waals surface area contributed by atoms with E-state index in [1.165, 1.54) is 0 Å². The van der Waals surface area contributed by atoms with Crippen LogP contribution in [0.25, 0.3) is 0 Å². The van der Waals surface area contributed by atoms with E-state index in [0.717, 1.165) is 12.8 Å². The van der Waals surface area contributed by atoms with E-state index in [4.69, 9.17) is 14.9 Å². The maximum absolute atomic E-state index is 10.7. The molecule has 0 saturated heterocycles. The van der Waals surface area contributed by atoms with Crippen molar-refractivity contribution in [2.75, 3.05) is 19.8 Å². The average molecular weight is 204 g/mol. The van der Waals surface area contributed by atoms with Gasteiger partial charge >= 0.3 is 5.97 Å². The quantitative estimate of drug-likeness (QED) is 0.584. The van der Waals surface area contributed by atoms with Crippen LogP contribution in [-0.4, -0.2) is 36.0 Å². The Morgan fingerprint density at radius 1 is 1.29 bits per heavy atom. The Balaban J connectivity index is 3.40. The molecule has 0 aliphatic heterocycles. The smallest absolute Gasteiger partial charge is 0.309 e. The Hall–Kier alpha value is -0.610. The van der Waals surface area contributed by atoms with Crippen LogP contribution < -0.4 is 0 Å². The summed E-state index contributed by atoms with van der Waals surface area (Å²) in [6.45, 7) is 4.45. The van der Waals surface area contributed by atoms with Crippen molar-refractivity contribution in [2.45, 2.75) is 33.1 Å². The SMILES string of the molecule is CC(C)(CCCCOCCO)C(=O)O. The normalized spacial score (nSPS) is 11.6. The minimum Gasteiger partial charge on any atom is -0.481 e. The highest BCUT2D eigenvalue weighted by atomic mass is 16.5. The molecule has 0 heterocycles. The Morgan fingerprint density at radius 2 is 1.93 bits per heavy atom. The van der Waals surface area contributed by atoms with Gasteiger partial charge in [0.05, 0.1) is 18.6 Å². The van der Waals surface area contributed by atoms with Crippen LogP contribution in [0, 0.1) is 5.41 Å². The van der Waals surface area contributed by atoms with Crippen molar-refractivity contribution in [3.05, 3.63) is 0 Å². The number of aliphatic carboxylic acids is 1. The highest BCUT2D eigenvalue weighted by Crippen LogP contribution is 2.23. The van der Waals surface area contributed by atoms with E-state index < -0.39 is 11.4 Å². The summed E-state index contributed by atoms with van der Waals surface area (Å²) in [5.74, 6) is -0.756. The fourth-order valence-electron chi connectivity index (χ4n) is 1.04. The van der Waals surface area contributed by atoms with Crippen LogP contribution in [-0.2, 0) is 9.53 Å². The summed E-state index contributed by atoms with van der Waals surface area (Å²) in [7, 11) is 0. The second-order valence-corrected chi connectivity index (χ2v) is 3.98. The molecular weight excluding hydrogens is 184 g/mol. The first-order valence-corrected chi connectivity index (χ1v) is 4.92. The van der Waals surface area contributed by atoms with Gasteiger partial charge in [-0.15, -0.1) is 0 Å². The highest BCUT2D eigenvalue weighted by molar-refractivity contribution is 5.73. The molecular formula is C10H20O4. The number of unbranched alkanes of at least 4 members (excludes halogenated alkanes) is 1. The van der Waals surface area contributed by atoms with Gasteiger partial charge in [-0.1, -0.05) is 6.42 Å². The van der Waals surface area contributed by atoms with Gasteiger partial charge in [-0.3, -0.25) is 4.79 Å². The fraction of sp³-hybridized carbons (Fsp3) is 0.900. The largest absolute Gasteiger partial charge is 0.481 e. The lowest BCUT2D eigenvalue weighted by Crippen LogP contribution is -2.23. The molecule has 2 N–H and O–H groups in total. The summed E-state index contributed by atoms with van der Waals surface area (Å²) in [5.41, 5.74) is -0.642.